The van der Waals surface area contributed by atoms with Crippen LogP contribution in [0.5, 0.6) is 11.5 Å². The molecule has 7 nitrogen and oxygen atoms in total. The van der Waals surface area contributed by atoms with Gasteiger partial charge in [-0.3, -0.25) is 9.48 Å². The van der Waals surface area contributed by atoms with Crippen LogP contribution in [-0.2, 0) is 11.0 Å². The number of nitrogens with zero attached hydrogens (tertiary/aromatic N) is 2. The molecule has 4 aromatic carbocycles. The van der Waals surface area contributed by atoms with Gasteiger partial charge < -0.3 is 19.2 Å². The number of benzene rings is 4. The highest BCUT2D eigenvalue weighted by Crippen LogP contribution is 2.37. The van der Waals surface area contributed by atoms with Crippen molar-refractivity contribution in [3.05, 3.63) is 115 Å². The Balaban J connectivity index is 1.07. The van der Waals surface area contributed by atoms with Crippen molar-refractivity contribution >= 4 is 35.5 Å². The number of para-hydroxylation sites is 2. The molecule has 44 heavy (non-hydrogen) atoms. The molecular weight excluding hydrogens is 566 g/mol. The van der Waals surface area contributed by atoms with E-state index in [0.717, 1.165) is 22.4 Å². The molecule has 1 N–H and O–H groups in total. The van der Waals surface area contributed by atoms with Crippen LogP contribution in [-0.4, -0.2) is 49.9 Å². The fourth-order valence-corrected chi connectivity index (χ4v) is 10.6. The number of nitrogens with one attached hydrogen (secondary N) is 1. The van der Waals surface area contributed by atoms with Crippen molar-refractivity contribution < 1.29 is 18.7 Å². The summed E-state index contributed by atoms with van der Waals surface area (Å²) in [5, 5.41) is 11.1. The van der Waals surface area contributed by atoms with Crippen LogP contribution in [0.2, 0.25) is 5.04 Å². The Hall–Kier alpha value is -4.40. The van der Waals surface area contributed by atoms with Gasteiger partial charge in [0.1, 0.15) is 6.61 Å². The first-order valence-electron chi connectivity index (χ1n) is 15.2. The molecule has 5 aromatic rings. The molecule has 1 amide bonds. The van der Waals surface area contributed by atoms with Crippen LogP contribution in [0, 0.1) is 0 Å². The maximum absolute atomic E-state index is 13.1. The van der Waals surface area contributed by atoms with Gasteiger partial charge in [-0.05, 0) is 52.2 Å². The van der Waals surface area contributed by atoms with Crippen LogP contribution >= 0.6 is 0 Å². The quantitative estimate of drug-likeness (QED) is 0.166. The van der Waals surface area contributed by atoms with Gasteiger partial charge in [0.25, 0.3) is 14.2 Å². The number of ether oxygens (including phenoxy) is 2. The lowest BCUT2D eigenvalue weighted by atomic mass is 10.1. The second-order valence-corrected chi connectivity index (χ2v) is 16.5. The number of rotatable bonds is 10. The van der Waals surface area contributed by atoms with E-state index in [4.69, 9.17) is 13.9 Å². The molecule has 0 radical (unpaired) electrons. The first-order valence-corrected chi connectivity index (χ1v) is 17.1. The summed E-state index contributed by atoms with van der Waals surface area (Å²) in [6.45, 7) is 8.90. The molecule has 1 atom stereocenters. The van der Waals surface area contributed by atoms with E-state index >= 15 is 0 Å². The lowest BCUT2D eigenvalue weighted by Crippen LogP contribution is -2.66. The molecule has 0 saturated carbocycles. The minimum atomic E-state index is -2.59. The summed E-state index contributed by atoms with van der Waals surface area (Å²) in [6.07, 6.45) is 2.52. The molecule has 1 unspecified atom stereocenters. The molecule has 1 aromatic heterocycles. The molecule has 226 valence electrons. The summed E-state index contributed by atoms with van der Waals surface area (Å²) >= 11 is 0. The number of carbonyl (C=O) groups is 1. The third-order valence-corrected chi connectivity index (χ3v) is 13.2. The molecule has 0 saturated heterocycles. The second-order valence-electron chi connectivity index (χ2n) is 12.2. The van der Waals surface area contributed by atoms with Crippen LogP contribution in [0.15, 0.2) is 109 Å². The van der Waals surface area contributed by atoms with Crippen LogP contribution in [0.1, 0.15) is 37.6 Å². The van der Waals surface area contributed by atoms with E-state index in [-0.39, 0.29) is 17.0 Å². The Morgan fingerprint density at radius 3 is 2.27 bits per heavy atom. The number of amides is 1. The average molecular weight is 606 g/mol. The highest BCUT2D eigenvalue weighted by atomic mass is 28.4. The van der Waals surface area contributed by atoms with Crippen LogP contribution in [0.3, 0.4) is 0 Å². The second kappa shape index (κ2) is 12.7. The monoisotopic (exact) mass is 605 g/mol. The maximum atomic E-state index is 13.1. The molecule has 0 fully saturated rings. The molecule has 6 rings (SSSR count). The zero-order valence-electron chi connectivity index (χ0n) is 25.5. The minimum absolute atomic E-state index is 0.0839. The van der Waals surface area contributed by atoms with E-state index in [0.29, 0.717) is 38.3 Å². The average Bonchev–Trinajstić information content (AvgIpc) is 3.44. The van der Waals surface area contributed by atoms with E-state index in [2.05, 4.69) is 79.7 Å². The highest BCUT2D eigenvalue weighted by molar-refractivity contribution is 6.99. The van der Waals surface area contributed by atoms with Crippen LogP contribution < -0.4 is 25.2 Å². The summed E-state index contributed by atoms with van der Waals surface area (Å²) < 4.78 is 20.7. The zero-order valence-corrected chi connectivity index (χ0v) is 26.5. The Bertz CT molecular complexity index is 1680. The fourth-order valence-electron chi connectivity index (χ4n) is 6.04. The van der Waals surface area contributed by atoms with Crippen molar-refractivity contribution in [2.45, 2.75) is 44.9 Å². The number of aromatic nitrogens is 2. The van der Waals surface area contributed by atoms with Crippen molar-refractivity contribution in [3.8, 4) is 11.5 Å². The topological polar surface area (TPSA) is 74.6 Å². The number of hydrogen-bond acceptors (Lipinski definition) is 5. The molecule has 0 aliphatic carbocycles. The molecule has 1 aliphatic heterocycles. The van der Waals surface area contributed by atoms with Crippen molar-refractivity contribution in [1.82, 2.24) is 15.1 Å². The first-order chi connectivity index (χ1) is 21.3. The number of hydrogen-bond donors (Lipinski definition) is 1. The van der Waals surface area contributed by atoms with Gasteiger partial charge >= 0.3 is 0 Å². The van der Waals surface area contributed by atoms with E-state index in [1.807, 2.05) is 65.5 Å². The fraction of sp³-hybridized carbons (Fsp3) is 0.278. The van der Waals surface area contributed by atoms with Crippen molar-refractivity contribution in [1.29, 1.82) is 0 Å². The van der Waals surface area contributed by atoms with Gasteiger partial charge in [0.15, 0.2) is 17.6 Å². The van der Waals surface area contributed by atoms with Crippen LogP contribution in [0.25, 0.3) is 10.9 Å². The number of fused-ring (bicyclic) bond motifs is 2. The summed E-state index contributed by atoms with van der Waals surface area (Å²) in [4.78, 5) is 13.1. The Labute approximate surface area is 259 Å². The lowest BCUT2D eigenvalue weighted by molar-refractivity contribution is 0.0760. The normalized spacial score (nSPS) is 14.8. The van der Waals surface area contributed by atoms with Gasteiger partial charge in [-0.2, -0.15) is 5.10 Å². The SMILES string of the molecule is CC(C)(C)[Si](OCCCNC(=O)c1ccc2nn(CC3COc4ccccc4O3)cc2c1)(c1ccccc1)c1ccccc1. The van der Waals surface area contributed by atoms with Gasteiger partial charge in [-0.15, -0.1) is 0 Å². The first kappa shape index (κ1) is 29.7. The van der Waals surface area contributed by atoms with Crippen molar-refractivity contribution in [2.75, 3.05) is 19.8 Å². The molecule has 2 heterocycles. The van der Waals surface area contributed by atoms with Gasteiger partial charge in [0, 0.05) is 30.3 Å². The molecule has 0 bridgehead atoms. The third-order valence-electron chi connectivity index (χ3n) is 8.11. The third kappa shape index (κ3) is 6.13. The van der Waals surface area contributed by atoms with E-state index in [1.54, 1.807) is 0 Å². The Morgan fingerprint density at radius 1 is 0.932 bits per heavy atom. The maximum Gasteiger partial charge on any atom is 0.261 e. The van der Waals surface area contributed by atoms with Gasteiger partial charge in [0.2, 0.25) is 0 Å². The van der Waals surface area contributed by atoms with E-state index in [9.17, 15) is 4.79 Å². The van der Waals surface area contributed by atoms with E-state index in [1.165, 1.54) is 10.4 Å². The van der Waals surface area contributed by atoms with Gasteiger partial charge in [-0.1, -0.05) is 93.6 Å². The predicted octanol–water partition coefficient (Wildman–Crippen LogP) is 5.57. The van der Waals surface area contributed by atoms with Gasteiger partial charge in [0.05, 0.1) is 12.1 Å². The molecule has 0 spiro atoms. The molecule has 1 aliphatic rings. The highest BCUT2D eigenvalue weighted by Gasteiger charge is 2.49. The summed E-state index contributed by atoms with van der Waals surface area (Å²) in [5.74, 6) is 1.40. The largest absolute Gasteiger partial charge is 0.486 e. The minimum Gasteiger partial charge on any atom is -0.486 e. The smallest absolute Gasteiger partial charge is 0.261 e. The van der Waals surface area contributed by atoms with Crippen molar-refractivity contribution in [2.24, 2.45) is 0 Å². The lowest BCUT2D eigenvalue weighted by Gasteiger charge is -2.43. The Morgan fingerprint density at radius 2 is 1.59 bits per heavy atom. The standard InChI is InChI=1S/C36H39N3O4Si/c1-36(2,3)44(30-13-6-4-7-14-30,31-15-8-5-9-16-31)42-22-12-21-37-35(40)27-19-20-32-28(23-27)24-39(38-32)25-29-26-41-33-17-10-11-18-34(33)43-29/h4-11,13-20,23-24,29H,12,21-22,25-26H2,1-3H3,(H,37,40). The zero-order chi connectivity index (χ0) is 30.6. The number of carbonyl (C=O) groups excluding carboxylic acids is 1. The van der Waals surface area contributed by atoms with Crippen LogP contribution in [0.4, 0.5) is 0 Å². The Kier molecular flexibility index (Phi) is 8.55. The molecular formula is C36H39N3O4Si. The summed E-state index contributed by atoms with van der Waals surface area (Å²) in [7, 11) is -2.59. The van der Waals surface area contributed by atoms with Crippen molar-refractivity contribution in [3.63, 3.8) is 0 Å². The predicted molar refractivity (Wildman–Crippen MR) is 177 cm³/mol. The van der Waals surface area contributed by atoms with Gasteiger partial charge in [-0.25, -0.2) is 0 Å². The summed E-state index contributed by atoms with van der Waals surface area (Å²) in [6, 6.07) is 34.5. The van der Waals surface area contributed by atoms with E-state index < -0.39 is 8.32 Å². The summed E-state index contributed by atoms with van der Waals surface area (Å²) in [5.41, 5.74) is 1.44. The molecule has 8 heteroatoms.